The Labute approximate surface area is 198 Å². The molecule has 33 heavy (non-hydrogen) atoms. The van der Waals surface area contributed by atoms with Crippen LogP contribution in [0.4, 0.5) is 5.82 Å². The maximum absolute atomic E-state index is 2.41. The van der Waals surface area contributed by atoms with E-state index in [0.717, 1.165) is 6.54 Å². The molecule has 4 rings (SSSR count). The quantitative estimate of drug-likeness (QED) is 0.302. The third kappa shape index (κ3) is 4.58. The predicted molar refractivity (Wildman–Crippen MR) is 142 cm³/mol. The van der Waals surface area contributed by atoms with Crippen molar-refractivity contribution in [3.8, 4) is 27.9 Å². The Hall–Kier alpha value is -3.72. The molecule has 0 aliphatic rings. The molecule has 0 saturated heterocycles. The Morgan fingerprint density at radius 2 is 1.27 bits per heavy atom. The number of rotatable bonds is 7. The van der Waals surface area contributed by atoms with Crippen LogP contribution < -0.4 is 4.90 Å². The van der Waals surface area contributed by atoms with Crippen LogP contribution >= 0.6 is 0 Å². The Morgan fingerprint density at radius 1 is 0.727 bits per heavy atom. The third-order valence-corrected chi connectivity index (χ3v) is 6.15. The number of nitrogens with zero attached hydrogens (tertiary/aromatic N) is 3. The summed E-state index contributed by atoms with van der Waals surface area (Å²) in [5, 5.41) is 0. The Morgan fingerprint density at radius 3 is 1.79 bits per heavy atom. The summed E-state index contributed by atoms with van der Waals surface area (Å²) in [6, 6.07) is 30.3. The summed E-state index contributed by atoms with van der Waals surface area (Å²) in [7, 11) is 4.23. The summed E-state index contributed by atoms with van der Waals surface area (Å²) in [5.74, 6) is 1.17. The third-order valence-electron chi connectivity index (χ3n) is 6.15. The molecule has 3 aromatic carbocycles. The van der Waals surface area contributed by atoms with Crippen LogP contribution in [0.2, 0.25) is 0 Å². The van der Waals surface area contributed by atoms with E-state index in [-0.39, 0.29) is 0 Å². The molecule has 3 nitrogen and oxygen atoms in total. The highest BCUT2D eigenvalue weighted by Gasteiger charge is 2.21. The van der Waals surface area contributed by atoms with Crippen molar-refractivity contribution < 1.29 is 0 Å². The lowest BCUT2D eigenvalue weighted by molar-refractivity contribution is 0.482. The lowest BCUT2D eigenvalue weighted by atomic mass is 9.95. The number of anilines is 1. The van der Waals surface area contributed by atoms with Gasteiger partial charge in [-0.1, -0.05) is 78.9 Å². The summed E-state index contributed by atoms with van der Waals surface area (Å²) < 4.78 is 2.41. The first-order chi connectivity index (χ1) is 16.0. The largest absolute Gasteiger partial charge is 0.380 e. The topological polar surface area (TPSA) is 11.4 Å². The van der Waals surface area contributed by atoms with Crippen LogP contribution in [-0.4, -0.2) is 30.1 Å². The van der Waals surface area contributed by atoms with Crippen molar-refractivity contribution in [2.45, 2.75) is 20.8 Å². The number of benzene rings is 3. The highest BCUT2D eigenvalue weighted by Crippen LogP contribution is 2.40. The van der Waals surface area contributed by atoms with Crippen molar-refractivity contribution in [3.63, 3.8) is 0 Å². The van der Waals surface area contributed by atoms with Crippen molar-refractivity contribution in [2.24, 2.45) is 0 Å². The summed E-state index contributed by atoms with van der Waals surface area (Å²) in [6.45, 7) is 7.52. The van der Waals surface area contributed by atoms with Gasteiger partial charge in [-0.05, 0) is 43.5 Å². The molecule has 0 fully saturated rings. The molecule has 0 bridgehead atoms. The molecule has 0 aliphatic carbocycles. The zero-order chi connectivity index (χ0) is 23.4. The van der Waals surface area contributed by atoms with E-state index in [0.29, 0.717) is 0 Å². The predicted octanol–water partition coefficient (Wildman–Crippen LogP) is 7.29. The van der Waals surface area contributed by atoms with Gasteiger partial charge in [-0.15, -0.1) is 0 Å². The van der Waals surface area contributed by atoms with Gasteiger partial charge in [0.25, 0.3) is 0 Å². The fraction of sp³-hybridized carbons (Fsp3) is 0.200. The summed E-state index contributed by atoms with van der Waals surface area (Å²) in [6.07, 6.45) is 4.28. The number of hydrogen-bond donors (Lipinski definition) is 0. The highest BCUT2D eigenvalue weighted by atomic mass is 15.2. The van der Waals surface area contributed by atoms with E-state index < -0.39 is 0 Å². The lowest BCUT2D eigenvalue weighted by Crippen LogP contribution is -2.18. The number of aromatic nitrogens is 1. The number of para-hydroxylation sites is 1. The van der Waals surface area contributed by atoms with Crippen LogP contribution in [0.1, 0.15) is 18.2 Å². The molecule has 3 heteroatoms. The minimum absolute atomic E-state index is 0.971. The van der Waals surface area contributed by atoms with Crippen molar-refractivity contribution in [1.82, 2.24) is 9.47 Å². The van der Waals surface area contributed by atoms with Crippen molar-refractivity contribution >= 4 is 5.82 Å². The van der Waals surface area contributed by atoms with E-state index in [1.165, 1.54) is 45.0 Å². The molecule has 168 valence electrons. The molecule has 0 N–H and O–H groups in total. The van der Waals surface area contributed by atoms with E-state index in [1.807, 2.05) is 0 Å². The second-order valence-electron chi connectivity index (χ2n) is 8.54. The Kier molecular flexibility index (Phi) is 6.69. The second kappa shape index (κ2) is 9.83. The van der Waals surface area contributed by atoms with Crippen LogP contribution in [0, 0.1) is 13.8 Å². The lowest BCUT2D eigenvalue weighted by Gasteiger charge is -2.25. The Balaban J connectivity index is 2.00. The number of hydrogen-bond acceptors (Lipinski definition) is 2. The minimum atomic E-state index is 0.971. The standard InChI is InChI=1S/C30H33N3/c1-6-31(4)20-21-32(5)30-23(2)22-24(3)33(30)29-27(25-14-9-7-10-15-25)18-13-19-28(29)26-16-11-8-12-17-26/h7-22H,6H2,1-5H3/b21-20-. The second-order valence-corrected chi connectivity index (χ2v) is 8.54. The van der Waals surface area contributed by atoms with Gasteiger partial charge in [0.15, 0.2) is 0 Å². The molecule has 0 amide bonds. The van der Waals surface area contributed by atoms with Gasteiger partial charge in [-0.25, -0.2) is 0 Å². The van der Waals surface area contributed by atoms with Gasteiger partial charge in [0, 0.05) is 49.9 Å². The van der Waals surface area contributed by atoms with Crippen LogP contribution in [0.5, 0.6) is 0 Å². The minimum Gasteiger partial charge on any atom is -0.380 e. The van der Waals surface area contributed by atoms with Gasteiger partial charge in [0.1, 0.15) is 5.82 Å². The van der Waals surface area contributed by atoms with Crippen LogP contribution in [0.15, 0.2) is 97.3 Å². The van der Waals surface area contributed by atoms with Crippen molar-refractivity contribution in [3.05, 3.63) is 109 Å². The van der Waals surface area contributed by atoms with Crippen LogP contribution in [0.25, 0.3) is 27.9 Å². The number of aryl methyl sites for hydroxylation is 2. The zero-order valence-electron chi connectivity index (χ0n) is 20.3. The summed E-state index contributed by atoms with van der Waals surface area (Å²) in [5.41, 5.74) is 8.55. The van der Waals surface area contributed by atoms with Crippen LogP contribution in [-0.2, 0) is 0 Å². The normalized spacial score (nSPS) is 11.2. The molecule has 0 unspecified atom stereocenters. The maximum Gasteiger partial charge on any atom is 0.120 e. The highest BCUT2D eigenvalue weighted by molar-refractivity contribution is 5.87. The van der Waals surface area contributed by atoms with E-state index in [1.54, 1.807) is 0 Å². The van der Waals surface area contributed by atoms with E-state index in [9.17, 15) is 0 Å². The summed E-state index contributed by atoms with van der Waals surface area (Å²) >= 11 is 0. The monoisotopic (exact) mass is 435 g/mol. The summed E-state index contributed by atoms with van der Waals surface area (Å²) in [4.78, 5) is 4.41. The van der Waals surface area contributed by atoms with E-state index in [4.69, 9.17) is 0 Å². The SMILES string of the molecule is CCN(C)/C=C\N(C)c1c(C)cc(C)n1-c1c(-c2ccccc2)cccc1-c1ccccc1. The molecule has 0 spiro atoms. The first-order valence-corrected chi connectivity index (χ1v) is 11.6. The van der Waals surface area contributed by atoms with Gasteiger partial charge in [0.05, 0.1) is 5.69 Å². The fourth-order valence-corrected chi connectivity index (χ4v) is 4.38. The Bertz CT molecular complexity index is 1180. The zero-order valence-corrected chi connectivity index (χ0v) is 20.3. The average molecular weight is 436 g/mol. The smallest absolute Gasteiger partial charge is 0.120 e. The van der Waals surface area contributed by atoms with Gasteiger partial charge in [-0.2, -0.15) is 0 Å². The average Bonchev–Trinajstić information content (AvgIpc) is 3.16. The maximum atomic E-state index is 2.41. The fourth-order valence-electron chi connectivity index (χ4n) is 4.38. The van der Waals surface area contributed by atoms with Crippen molar-refractivity contribution in [2.75, 3.05) is 25.5 Å². The van der Waals surface area contributed by atoms with Gasteiger partial charge in [-0.3, -0.25) is 4.57 Å². The first kappa shape index (κ1) is 22.5. The molecule has 0 aliphatic heterocycles. The van der Waals surface area contributed by atoms with E-state index >= 15 is 0 Å². The molecule has 0 radical (unpaired) electrons. The first-order valence-electron chi connectivity index (χ1n) is 11.6. The van der Waals surface area contributed by atoms with Gasteiger partial charge >= 0.3 is 0 Å². The van der Waals surface area contributed by atoms with Crippen LogP contribution in [0.3, 0.4) is 0 Å². The molecule has 0 saturated carbocycles. The van der Waals surface area contributed by atoms with Crippen molar-refractivity contribution in [1.29, 1.82) is 0 Å². The molecule has 4 aromatic rings. The molecule has 1 aromatic heterocycles. The molecule has 0 atom stereocenters. The van der Waals surface area contributed by atoms with E-state index in [2.05, 4.69) is 147 Å². The van der Waals surface area contributed by atoms with Gasteiger partial charge < -0.3 is 9.80 Å². The molecule has 1 heterocycles. The van der Waals surface area contributed by atoms with Gasteiger partial charge in [0.2, 0.25) is 0 Å². The molecular weight excluding hydrogens is 402 g/mol. The molecular formula is C30H33N3.